The number of nitrogens with zero attached hydrogens (tertiary/aromatic N) is 1. The highest BCUT2D eigenvalue weighted by molar-refractivity contribution is 6.30. The van der Waals surface area contributed by atoms with Gasteiger partial charge in [-0.05, 0) is 85.9 Å². The number of carbonyl (C=O) groups excluding carboxylic acids is 1. The Morgan fingerprint density at radius 3 is 2.64 bits per heavy atom. The Bertz CT molecular complexity index is 1180. The minimum absolute atomic E-state index is 0.145. The monoisotopic (exact) mass is 512 g/mol. The molecule has 0 saturated carbocycles. The SMILES string of the molecule is Cc1c(CCCCO)cc(CCc2ccc(Cl)cc2)c(C(N)=O)c1C1CCOC(C)(c2ncco2)O1. The molecule has 2 aromatic carbocycles. The Kier molecular flexibility index (Phi) is 8.46. The van der Waals surface area contributed by atoms with Crippen LogP contribution in [0.15, 0.2) is 47.2 Å². The molecule has 7 nitrogen and oxygen atoms in total. The molecule has 2 atom stereocenters. The molecule has 1 amide bonds. The highest BCUT2D eigenvalue weighted by Gasteiger charge is 2.42. The van der Waals surface area contributed by atoms with E-state index in [4.69, 9.17) is 31.2 Å². The fourth-order valence-corrected chi connectivity index (χ4v) is 5.05. The van der Waals surface area contributed by atoms with Crippen LogP contribution in [0.5, 0.6) is 0 Å². The zero-order chi connectivity index (χ0) is 25.7. The number of primary amides is 1. The number of aryl methyl sites for hydroxylation is 3. The summed E-state index contributed by atoms with van der Waals surface area (Å²) in [6.07, 6.45) is 6.88. The quantitative estimate of drug-likeness (QED) is 0.362. The van der Waals surface area contributed by atoms with E-state index in [0.717, 1.165) is 47.1 Å². The molecule has 8 heteroatoms. The van der Waals surface area contributed by atoms with Gasteiger partial charge in [0.25, 0.3) is 5.89 Å². The van der Waals surface area contributed by atoms with E-state index < -0.39 is 17.8 Å². The molecular weight excluding hydrogens is 480 g/mol. The number of hydrogen-bond acceptors (Lipinski definition) is 6. The number of aliphatic hydroxyl groups excluding tert-OH is 1. The first-order chi connectivity index (χ1) is 17.3. The maximum atomic E-state index is 12.9. The maximum Gasteiger partial charge on any atom is 0.255 e. The topological polar surface area (TPSA) is 108 Å². The minimum Gasteiger partial charge on any atom is -0.444 e. The molecule has 3 aromatic rings. The molecule has 1 aliphatic rings. The van der Waals surface area contributed by atoms with Crippen LogP contribution in [0.3, 0.4) is 0 Å². The van der Waals surface area contributed by atoms with Crippen molar-refractivity contribution in [2.24, 2.45) is 5.73 Å². The number of benzene rings is 2. The van der Waals surface area contributed by atoms with Crippen molar-refractivity contribution < 1.29 is 23.8 Å². The van der Waals surface area contributed by atoms with Gasteiger partial charge in [-0.1, -0.05) is 29.8 Å². The van der Waals surface area contributed by atoms with Crippen molar-refractivity contribution in [1.82, 2.24) is 4.98 Å². The third-order valence-electron chi connectivity index (χ3n) is 6.79. The molecule has 0 bridgehead atoms. The molecule has 2 heterocycles. The molecule has 0 aliphatic carbocycles. The second kappa shape index (κ2) is 11.6. The van der Waals surface area contributed by atoms with Gasteiger partial charge in [0.05, 0.1) is 18.9 Å². The highest BCUT2D eigenvalue weighted by atomic mass is 35.5. The van der Waals surface area contributed by atoms with E-state index in [0.29, 0.717) is 42.3 Å². The number of rotatable bonds is 10. The fraction of sp³-hybridized carbons (Fsp3) is 0.429. The van der Waals surface area contributed by atoms with Gasteiger partial charge in [0.15, 0.2) is 0 Å². The van der Waals surface area contributed by atoms with Crippen LogP contribution in [-0.4, -0.2) is 29.2 Å². The molecular formula is C28H33ClN2O5. The molecule has 0 radical (unpaired) electrons. The van der Waals surface area contributed by atoms with Crippen LogP contribution in [0.4, 0.5) is 0 Å². The van der Waals surface area contributed by atoms with E-state index in [2.05, 4.69) is 11.1 Å². The van der Waals surface area contributed by atoms with E-state index >= 15 is 0 Å². The van der Waals surface area contributed by atoms with Gasteiger partial charge in [-0.25, -0.2) is 4.98 Å². The van der Waals surface area contributed by atoms with Gasteiger partial charge in [-0.3, -0.25) is 4.79 Å². The van der Waals surface area contributed by atoms with E-state index in [-0.39, 0.29) is 6.61 Å². The molecule has 1 aromatic heterocycles. The molecule has 2 unspecified atom stereocenters. The summed E-state index contributed by atoms with van der Waals surface area (Å²) in [6, 6.07) is 9.82. The lowest BCUT2D eigenvalue weighted by Gasteiger charge is -2.38. The maximum absolute atomic E-state index is 12.9. The van der Waals surface area contributed by atoms with Crippen LogP contribution >= 0.6 is 11.6 Å². The van der Waals surface area contributed by atoms with Gasteiger partial charge < -0.3 is 24.7 Å². The highest BCUT2D eigenvalue weighted by Crippen LogP contribution is 2.42. The lowest BCUT2D eigenvalue weighted by atomic mass is 9.84. The smallest absolute Gasteiger partial charge is 0.255 e. The Balaban J connectivity index is 1.75. The van der Waals surface area contributed by atoms with Crippen molar-refractivity contribution in [3.05, 3.63) is 87.1 Å². The molecule has 36 heavy (non-hydrogen) atoms. The van der Waals surface area contributed by atoms with Crippen LogP contribution in [0, 0.1) is 6.92 Å². The summed E-state index contributed by atoms with van der Waals surface area (Å²) in [7, 11) is 0. The lowest BCUT2D eigenvalue weighted by molar-refractivity contribution is -0.305. The number of aliphatic hydroxyl groups is 1. The summed E-state index contributed by atoms with van der Waals surface area (Å²) in [5.41, 5.74) is 11.4. The van der Waals surface area contributed by atoms with Crippen molar-refractivity contribution in [1.29, 1.82) is 0 Å². The largest absolute Gasteiger partial charge is 0.444 e. The summed E-state index contributed by atoms with van der Waals surface area (Å²) in [5.74, 6) is -1.33. The first-order valence-corrected chi connectivity index (χ1v) is 12.7. The van der Waals surface area contributed by atoms with Gasteiger partial charge in [0.1, 0.15) is 6.26 Å². The van der Waals surface area contributed by atoms with Crippen molar-refractivity contribution in [3.8, 4) is 0 Å². The van der Waals surface area contributed by atoms with Gasteiger partial charge in [0.2, 0.25) is 11.7 Å². The van der Waals surface area contributed by atoms with Gasteiger partial charge in [-0.2, -0.15) is 0 Å². The third-order valence-corrected chi connectivity index (χ3v) is 7.04. The summed E-state index contributed by atoms with van der Waals surface area (Å²) in [5, 5.41) is 9.99. The number of carbonyl (C=O) groups is 1. The van der Waals surface area contributed by atoms with Crippen LogP contribution in [0.1, 0.15) is 76.4 Å². The van der Waals surface area contributed by atoms with Crippen LogP contribution < -0.4 is 5.73 Å². The molecule has 4 rings (SSSR count). The Morgan fingerprint density at radius 2 is 1.97 bits per heavy atom. The number of ether oxygens (including phenoxy) is 2. The Morgan fingerprint density at radius 1 is 1.19 bits per heavy atom. The summed E-state index contributed by atoms with van der Waals surface area (Å²) < 4.78 is 17.9. The lowest BCUT2D eigenvalue weighted by Crippen LogP contribution is -2.38. The minimum atomic E-state index is -1.18. The van der Waals surface area contributed by atoms with Gasteiger partial charge in [-0.15, -0.1) is 0 Å². The molecule has 192 valence electrons. The first kappa shape index (κ1) is 26.4. The molecule has 1 aliphatic heterocycles. The Labute approximate surface area is 216 Å². The van der Waals surface area contributed by atoms with E-state index in [1.807, 2.05) is 31.2 Å². The number of aromatic nitrogens is 1. The standard InChI is InChI=1S/C28H33ClN2O5/c1-18-20(5-3-4-14-32)17-21(9-6-19-7-10-22(29)11-8-19)25(26(30)33)24(18)23-12-15-35-28(2,36-23)27-31-13-16-34-27/h7-8,10-11,13,16-17,23,32H,3-6,9,12,14-15H2,1-2H3,(H2,30,33). The number of amides is 1. The number of hydrogen-bond donors (Lipinski definition) is 2. The predicted molar refractivity (Wildman–Crippen MR) is 137 cm³/mol. The normalized spacial score (nSPS) is 19.9. The summed E-state index contributed by atoms with van der Waals surface area (Å²) in [6.45, 7) is 4.35. The zero-order valence-corrected chi connectivity index (χ0v) is 21.5. The van der Waals surface area contributed by atoms with E-state index in [9.17, 15) is 9.90 Å². The van der Waals surface area contributed by atoms with Crippen LogP contribution in [0.25, 0.3) is 0 Å². The second-order valence-corrected chi connectivity index (χ2v) is 9.74. The Hall–Kier alpha value is -2.71. The predicted octanol–water partition coefficient (Wildman–Crippen LogP) is 5.19. The van der Waals surface area contributed by atoms with Crippen molar-refractivity contribution in [2.75, 3.05) is 13.2 Å². The average Bonchev–Trinajstić information content (AvgIpc) is 3.41. The van der Waals surface area contributed by atoms with Crippen LogP contribution in [0.2, 0.25) is 5.02 Å². The molecule has 1 saturated heterocycles. The van der Waals surface area contributed by atoms with E-state index in [1.54, 1.807) is 13.1 Å². The average molecular weight is 513 g/mol. The number of halogens is 1. The van der Waals surface area contributed by atoms with E-state index in [1.165, 1.54) is 6.26 Å². The van der Waals surface area contributed by atoms with Crippen LogP contribution in [-0.2, 0) is 34.5 Å². The summed E-state index contributed by atoms with van der Waals surface area (Å²) >= 11 is 6.05. The van der Waals surface area contributed by atoms with Crippen molar-refractivity contribution >= 4 is 17.5 Å². The number of unbranched alkanes of at least 4 members (excludes halogenated alkanes) is 1. The second-order valence-electron chi connectivity index (χ2n) is 9.31. The van der Waals surface area contributed by atoms with Gasteiger partial charge >= 0.3 is 0 Å². The van der Waals surface area contributed by atoms with Gasteiger partial charge in [0, 0.05) is 23.6 Å². The van der Waals surface area contributed by atoms with Crippen molar-refractivity contribution in [3.63, 3.8) is 0 Å². The summed E-state index contributed by atoms with van der Waals surface area (Å²) in [4.78, 5) is 17.1. The number of oxazole rings is 1. The first-order valence-electron chi connectivity index (χ1n) is 12.3. The molecule has 0 spiro atoms. The zero-order valence-electron chi connectivity index (χ0n) is 20.8. The molecule has 1 fully saturated rings. The molecule has 3 N–H and O–H groups in total. The number of nitrogens with two attached hydrogens (primary N) is 1. The fourth-order valence-electron chi connectivity index (χ4n) is 4.92. The van der Waals surface area contributed by atoms with Crippen molar-refractivity contribution in [2.45, 2.75) is 64.3 Å². The third kappa shape index (κ3) is 5.81.